The highest BCUT2D eigenvalue weighted by atomic mass is 19.3. The molecule has 1 saturated heterocycles. The Morgan fingerprint density at radius 3 is 2.78 bits per heavy atom. The van der Waals surface area contributed by atoms with Gasteiger partial charge in [0.1, 0.15) is 5.69 Å². The molecule has 0 radical (unpaired) electrons. The summed E-state index contributed by atoms with van der Waals surface area (Å²) in [6.45, 7) is 5.62. The molecule has 1 aliphatic carbocycles. The average Bonchev–Trinajstić information content (AvgIpc) is 3.51. The van der Waals surface area contributed by atoms with Gasteiger partial charge in [-0.3, -0.25) is 9.48 Å². The molecule has 5 rings (SSSR count). The van der Waals surface area contributed by atoms with E-state index in [1.165, 1.54) is 0 Å². The molecule has 3 amide bonds. The number of hydrogen-bond acceptors (Lipinski definition) is 5. The highest BCUT2D eigenvalue weighted by Gasteiger charge is 2.39. The molecule has 10 nitrogen and oxygen atoms in total. The second-order valence-corrected chi connectivity index (χ2v) is 10.2. The molecule has 2 aliphatic rings. The van der Waals surface area contributed by atoms with Crippen LogP contribution in [-0.2, 0) is 6.54 Å². The number of amides is 3. The van der Waals surface area contributed by atoms with Gasteiger partial charge in [0.25, 0.3) is 5.91 Å². The topological polar surface area (TPSA) is 109 Å². The zero-order valence-corrected chi connectivity index (χ0v) is 21.0. The lowest BCUT2D eigenvalue weighted by atomic mass is 9.81. The van der Waals surface area contributed by atoms with Crippen molar-refractivity contribution < 1.29 is 18.4 Å². The average molecular weight is 515 g/mol. The SMILES string of the molecule is CC(C)n1nccc1C(=O)NC(c1cn2ncc(CN3CCCNC3=O)cc2n1)C1CCC(F)(F)CC1. The summed E-state index contributed by atoms with van der Waals surface area (Å²) >= 11 is 0. The van der Waals surface area contributed by atoms with Crippen molar-refractivity contribution in [1.29, 1.82) is 0 Å². The van der Waals surface area contributed by atoms with E-state index in [9.17, 15) is 18.4 Å². The number of halogens is 2. The van der Waals surface area contributed by atoms with Crippen LogP contribution in [0.1, 0.15) is 79.8 Å². The molecule has 37 heavy (non-hydrogen) atoms. The molecule has 3 aromatic rings. The minimum Gasteiger partial charge on any atom is -0.342 e. The molecule has 4 heterocycles. The number of nitrogens with zero attached hydrogens (tertiary/aromatic N) is 6. The van der Waals surface area contributed by atoms with Crippen molar-refractivity contribution in [2.24, 2.45) is 5.92 Å². The summed E-state index contributed by atoms with van der Waals surface area (Å²) in [4.78, 5) is 31.9. The number of alkyl halides is 2. The summed E-state index contributed by atoms with van der Waals surface area (Å²) in [6, 6.07) is 2.84. The number of carbonyl (C=O) groups is 2. The van der Waals surface area contributed by atoms with Crippen molar-refractivity contribution in [1.82, 2.24) is 39.9 Å². The van der Waals surface area contributed by atoms with E-state index >= 15 is 0 Å². The minimum absolute atomic E-state index is 0.0117. The lowest BCUT2D eigenvalue weighted by Crippen LogP contribution is -2.45. The first kappa shape index (κ1) is 25.1. The molecule has 1 atom stereocenters. The number of fused-ring (bicyclic) bond motifs is 1. The second kappa shape index (κ2) is 10.1. The third kappa shape index (κ3) is 5.42. The maximum Gasteiger partial charge on any atom is 0.317 e. The number of carbonyl (C=O) groups excluding carboxylic acids is 2. The van der Waals surface area contributed by atoms with E-state index in [4.69, 9.17) is 4.98 Å². The summed E-state index contributed by atoms with van der Waals surface area (Å²) < 4.78 is 31.1. The normalized spacial score (nSPS) is 19.3. The minimum atomic E-state index is -2.68. The molecule has 2 fully saturated rings. The van der Waals surface area contributed by atoms with Gasteiger partial charge < -0.3 is 15.5 Å². The van der Waals surface area contributed by atoms with Crippen LogP contribution in [0, 0.1) is 5.92 Å². The molecule has 1 saturated carbocycles. The van der Waals surface area contributed by atoms with E-state index in [-0.39, 0.29) is 49.6 Å². The van der Waals surface area contributed by atoms with Gasteiger partial charge in [-0.05, 0) is 56.7 Å². The van der Waals surface area contributed by atoms with Gasteiger partial charge in [-0.1, -0.05) is 0 Å². The largest absolute Gasteiger partial charge is 0.342 e. The van der Waals surface area contributed by atoms with Crippen LogP contribution in [0.3, 0.4) is 0 Å². The molecule has 2 N–H and O–H groups in total. The summed E-state index contributed by atoms with van der Waals surface area (Å²) in [5, 5.41) is 14.6. The number of hydrogen-bond donors (Lipinski definition) is 2. The van der Waals surface area contributed by atoms with E-state index in [0.29, 0.717) is 36.7 Å². The smallest absolute Gasteiger partial charge is 0.317 e. The summed E-state index contributed by atoms with van der Waals surface area (Å²) in [7, 11) is 0. The standard InChI is InChI=1S/C25H32F2N8O2/c1-16(2)35-20(6-10-29-35)23(36)32-22(18-4-7-25(26,27)8-5-18)19-15-34-21(31-19)12-17(13-30-34)14-33-11-3-9-28-24(33)37/h6,10,12-13,15-16,18,22H,3-5,7-9,11,14H2,1-2H3,(H,28,37)(H,32,36). The van der Waals surface area contributed by atoms with E-state index in [0.717, 1.165) is 12.0 Å². The van der Waals surface area contributed by atoms with Gasteiger partial charge >= 0.3 is 6.03 Å². The van der Waals surface area contributed by atoms with Gasteiger partial charge in [0.15, 0.2) is 5.65 Å². The lowest BCUT2D eigenvalue weighted by molar-refractivity contribution is -0.0495. The van der Waals surface area contributed by atoms with Crippen molar-refractivity contribution in [2.75, 3.05) is 13.1 Å². The fourth-order valence-electron chi connectivity index (χ4n) is 5.17. The molecule has 12 heteroatoms. The Balaban J connectivity index is 1.42. The summed E-state index contributed by atoms with van der Waals surface area (Å²) in [5.74, 6) is -3.20. The molecular weight excluding hydrogens is 482 g/mol. The Kier molecular flexibility index (Phi) is 6.82. The van der Waals surface area contributed by atoms with E-state index < -0.39 is 12.0 Å². The van der Waals surface area contributed by atoms with Crippen molar-refractivity contribution in [3.05, 3.63) is 47.7 Å². The van der Waals surface area contributed by atoms with Gasteiger partial charge in [0, 0.05) is 44.7 Å². The van der Waals surface area contributed by atoms with Crippen LogP contribution in [0.15, 0.2) is 30.7 Å². The highest BCUT2D eigenvalue weighted by Crippen LogP contribution is 2.41. The van der Waals surface area contributed by atoms with Crippen molar-refractivity contribution in [2.45, 2.75) is 70.5 Å². The van der Waals surface area contributed by atoms with E-state index in [2.05, 4.69) is 20.8 Å². The Morgan fingerprint density at radius 1 is 1.27 bits per heavy atom. The van der Waals surface area contributed by atoms with E-state index in [1.807, 2.05) is 19.9 Å². The molecule has 0 aromatic carbocycles. The summed E-state index contributed by atoms with van der Waals surface area (Å²) in [5.41, 5.74) is 2.38. The molecule has 0 spiro atoms. The molecule has 0 bridgehead atoms. The Morgan fingerprint density at radius 2 is 2.05 bits per heavy atom. The van der Waals surface area contributed by atoms with E-state index in [1.54, 1.807) is 38.8 Å². The fourth-order valence-corrected chi connectivity index (χ4v) is 5.17. The van der Waals surface area contributed by atoms with Crippen LogP contribution >= 0.6 is 0 Å². The van der Waals surface area contributed by atoms with Crippen LogP contribution in [0.25, 0.3) is 5.65 Å². The Bertz CT molecular complexity index is 1280. The van der Waals surface area contributed by atoms with Gasteiger partial charge in [-0.25, -0.2) is 23.1 Å². The zero-order valence-electron chi connectivity index (χ0n) is 21.0. The molecule has 1 unspecified atom stereocenters. The molecule has 198 valence electrons. The third-order valence-corrected chi connectivity index (χ3v) is 7.17. The van der Waals surface area contributed by atoms with Crippen LogP contribution in [0.2, 0.25) is 0 Å². The zero-order chi connectivity index (χ0) is 26.2. The third-order valence-electron chi connectivity index (χ3n) is 7.17. The highest BCUT2D eigenvalue weighted by molar-refractivity contribution is 5.92. The van der Waals surface area contributed by atoms with Crippen LogP contribution in [-0.4, -0.2) is 60.2 Å². The molecule has 3 aromatic heterocycles. The Labute approximate surface area is 213 Å². The lowest BCUT2D eigenvalue weighted by Gasteiger charge is -2.33. The van der Waals surface area contributed by atoms with Crippen molar-refractivity contribution >= 4 is 17.6 Å². The first-order valence-corrected chi connectivity index (χ1v) is 12.8. The number of rotatable bonds is 7. The number of aromatic nitrogens is 5. The summed E-state index contributed by atoms with van der Waals surface area (Å²) in [6.07, 6.45) is 6.00. The fraction of sp³-hybridized carbons (Fsp3) is 0.560. The first-order valence-electron chi connectivity index (χ1n) is 12.8. The predicted octanol–water partition coefficient (Wildman–Crippen LogP) is 3.72. The van der Waals surface area contributed by atoms with Gasteiger partial charge in [-0.2, -0.15) is 10.2 Å². The number of imidazole rings is 1. The number of urea groups is 1. The van der Waals surface area contributed by atoms with Gasteiger partial charge in [0.05, 0.1) is 24.1 Å². The predicted molar refractivity (Wildman–Crippen MR) is 131 cm³/mol. The van der Waals surface area contributed by atoms with Gasteiger partial charge in [0.2, 0.25) is 5.92 Å². The Hall–Kier alpha value is -3.57. The molecular formula is C25H32F2N8O2. The quantitative estimate of drug-likeness (QED) is 0.500. The molecule has 1 aliphatic heterocycles. The number of nitrogens with one attached hydrogen (secondary N) is 2. The maximum absolute atomic E-state index is 13.9. The van der Waals surface area contributed by atoms with Crippen LogP contribution in [0.4, 0.5) is 13.6 Å². The van der Waals surface area contributed by atoms with Gasteiger partial charge in [-0.15, -0.1) is 0 Å². The van der Waals surface area contributed by atoms with Crippen molar-refractivity contribution in [3.8, 4) is 0 Å². The second-order valence-electron chi connectivity index (χ2n) is 10.2. The van der Waals surface area contributed by atoms with Crippen LogP contribution < -0.4 is 10.6 Å². The maximum atomic E-state index is 13.9. The first-order chi connectivity index (χ1) is 17.7. The van der Waals surface area contributed by atoms with Crippen molar-refractivity contribution in [3.63, 3.8) is 0 Å². The van der Waals surface area contributed by atoms with Crippen LogP contribution in [0.5, 0.6) is 0 Å². The monoisotopic (exact) mass is 514 g/mol.